The lowest BCUT2D eigenvalue weighted by Gasteiger charge is -2.29. The molecular weight excluding hydrogens is 374 g/mol. The number of carbonyl (C=O) groups is 3. The predicted molar refractivity (Wildman–Crippen MR) is 112 cm³/mol. The van der Waals surface area contributed by atoms with Gasteiger partial charge in [-0.15, -0.1) is 0 Å². The monoisotopic (exact) mass is 415 g/mol. The van der Waals surface area contributed by atoms with Gasteiger partial charge in [-0.2, -0.15) is 0 Å². The van der Waals surface area contributed by atoms with Crippen molar-refractivity contribution in [1.29, 1.82) is 0 Å². The Bertz CT molecular complexity index is 480. The molecule has 0 aliphatic carbocycles. The molecule has 0 bridgehead atoms. The largest absolute Gasteiger partial charge is 0.464 e. The van der Waals surface area contributed by atoms with Gasteiger partial charge < -0.3 is 19.9 Å². The number of carbonyl (C=O) groups excluding carboxylic acids is 3. The van der Waals surface area contributed by atoms with Crippen molar-refractivity contribution in [2.45, 2.75) is 111 Å². The van der Waals surface area contributed by atoms with Crippen LogP contribution in [0.25, 0.3) is 0 Å². The molecule has 0 rings (SSSR count). The normalized spacial score (nSPS) is 14.2. The molecule has 1 amide bonds. The summed E-state index contributed by atoms with van der Waals surface area (Å²) in [4.78, 5) is 33.9. The summed E-state index contributed by atoms with van der Waals surface area (Å²) in [5, 5.41) is 13.2. The molecule has 0 aromatic carbocycles. The number of ether oxygens (including phenoxy) is 2. The van der Waals surface area contributed by atoms with Crippen LogP contribution in [0.5, 0.6) is 0 Å². The average molecular weight is 416 g/mol. The molecule has 170 valence electrons. The van der Waals surface area contributed by atoms with Crippen LogP contribution in [-0.2, 0) is 23.9 Å². The van der Waals surface area contributed by atoms with Crippen LogP contribution in [0, 0.1) is 5.92 Å². The molecule has 7 heteroatoms. The van der Waals surface area contributed by atoms with Gasteiger partial charge in [-0.3, -0.25) is 14.4 Å². The van der Waals surface area contributed by atoms with Gasteiger partial charge in [0.1, 0.15) is 18.8 Å². The summed E-state index contributed by atoms with van der Waals surface area (Å²) in [5.41, 5.74) is 0. The first kappa shape index (κ1) is 27.4. The summed E-state index contributed by atoms with van der Waals surface area (Å²) in [5.74, 6) is -0.597. The van der Waals surface area contributed by atoms with E-state index in [1.54, 1.807) is 0 Å². The van der Waals surface area contributed by atoms with Gasteiger partial charge in [0.15, 0.2) is 0 Å². The topological polar surface area (TPSA) is 102 Å². The Balaban J connectivity index is 4.43. The molecule has 0 aromatic rings. The number of rotatable bonds is 16. The second-order valence-electron chi connectivity index (χ2n) is 8.19. The lowest BCUT2D eigenvalue weighted by atomic mass is 9.98. The van der Waals surface area contributed by atoms with Gasteiger partial charge in [0.05, 0.1) is 6.04 Å². The first-order chi connectivity index (χ1) is 13.6. The Morgan fingerprint density at radius 1 is 0.828 bits per heavy atom. The summed E-state index contributed by atoms with van der Waals surface area (Å²) in [6.45, 7) is 8.17. The van der Waals surface area contributed by atoms with E-state index in [1.165, 1.54) is 52.9 Å². The molecule has 0 saturated carbocycles. The van der Waals surface area contributed by atoms with Gasteiger partial charge in [0.25, 0.3) is 0 Å². The zero-order valence-corrected chi connectivity index (χ0v) is 18.9. The molecule has 0 saturated heterocycles. The van der Waals surface area contributed by atoms with E-state index in [9.17, 15) is 19.5 Å². The number of amides is 1. The zero-order valence-electron chi connectivity index (χ0n) is 18.9. The van der Waals surface area contributed by atoms with Gasteiger partial charge >= 0.3 is 11.9 Å². The molecular formula is C22H41NO6. The van der Waals surface area contributed by atoms with Crippen molar-refractivity contribution in [2.75, 3.05) is 6.61 Å². The summed E-state index contributed by atoms with van der Waals surface area (Å²) in [7, 11) is 0. The number of aliphatic hydroxyl groups excluding tert-OH is 1. The average Bonchev–Trinajstić information content (AvgIpc) is 2.61. The van der Waals surface area contributed by atoms with Crippen LogP contribution in [0.2, 0.25) is 0 Å². The van der Waals surface area contributed by atoms with E-state index >= 15 is 0 Å². The second-order valence-corrected chi connectivity index (χ2v) is 8.19. The number of hydrogen-bond acceptors (Lipinski definition) is 6. The molecule has 7 nitrogen and oxygen atoms in total. The lowest BCUT2D eigenvalue weighted by Crippen LogP contribution is -2.51. The molecule has 0 spiro atoms. The maximum Gasteiger partial charge on any atom is 0.302 e. The number of nitrogens with one attached hydrogen (secondary N) is 1. The third kappa shape index (κ3) is 15.9. The zero-order chi connectivity index (χ0) is 22.2. The highest BCUT2D eigenvalue weighted by molar-refractivity contribution is 5.73. The fourth-order valence-corrected chi connectivity index (χ4v) is 3.25. The van der Waals surface area contributed by atoms with Crippen LogP contribution in [0.3, 0.4) is 0 Å². The quantitative estimate of drug-likeness (QED) is 0.295. The Labute approximate surface area is 175 Å². The number of esters is 2. The SMILES string of the molecule is CC(=O)NC(COC(C)=O)C(O)C(CCCCCCCCCC(C)C)OC(C)=O. The third-order valence-electron chi connectivity index (χ3n) is 4.74. The molecule has 0 aliphatic rings. The summed E-state index contributed by atoms with van der Waals surface area (Å²) >= 11 is 0. The third-order valence-corrected chi connectivity index (χ3v) is 4.74. The molecule has 2 N–H and O–H groups in total. The number of aliphatic hydroxyl groups is 1. The first-order valence-electron chi connectivity index (χ1n) is 10.9. The Hall–Kier alpha value is -1.63. The summed E-state index contributed by atoms with van der Waals surface area (Å²) < 4.78 is 10.2. The van der Waals surface area contributed by atoms with Crippen molar-refractivity contribution >= 4 is 17.8 Å². The predicted octanol–water partition coefficient (Wildman–Crippen LogP) is 3.51. The maximum absolute atomic E-state index is 11.4. The second kappa shape index (κ2) is 16.2. The van der Waals surface area contributed by atoms with Crippen molar-refractivity contribution in [1.82, 2.24) is 5.32 Å². The first-order valence-corrected chi connectivity index (χ1v) is 10.9. The van der Waals surface area contributed by atoms with E-state index in [-0.39, 0.29) is 12.5 Å². The summed E-state index contributed by atoms with van der Waals surface area (Å²) in [6.07, 6.45) is 7.72. The minimum absolute atomic E-state index is 0.176. The Morgan fingerprint density at radius 2 is 1.34 bits per heavy atom. The van der Waals surface area contributed by atoms with Crippen molar-refractivity contribution in [2.24, 2.45) is 5.92 Å². The van der Waals surface area contributed by atoms with Crippen LogP contribution in [0.4, 0.5) is 0 Å². The van der Waals surface area contributed by atoms with Gasteiger partial charge in [-0.05, 0) is 18.8 Å². The van der Waals surface area contributed by atoms with Crippen molar-refractivity contribution in [3.8, 4) is 0 Å². The summed E-state index contributed by atoms with van der Waals surface area (Å²) in [6, 6.07) is -0.832. The minimum atomic E-state index is -1.15. The van der Waals surface area contributed by atoms with Crippen LogP contribution in [0.1, 0.15) is 92.4 Å². The molecule has 0 aromatic heterocycles. The Kier molecular flexibility index (Phi) is 15.3. The van der Waals surface area contributed by atoms with Crippen LogP contribution >= 0.6 is 0 Å². The molecule has 3 unspecified atom stereocenters. The maximum atomic E-state index is 11.4. The van der Waals surface area contributed by atoms with E-state index in [4.69, 9.17) is 9.47 Å². The fourth-order valence-electron chi connectivity index (χ4n) is 3.25. The molecule has 0 heterocycles. The van der Waals surface area contributed by atoms with E-state index in [0.29, 0.717) is 6.42 Å². The standard InChI is InChI=1S/C22H41NO6/c1-16(2)13-11-9-7-6-8-10-12-14-21(29-19(5)26)22(27)20(23-17(3)24)15-28-18(4)25/h16,20-22,27H,6-15H2,1-5H3,(H,23,24). The number of unbranched alkanes of at least 4 members (excludes halogenated alkanes) is 6. The van der Waals surface area contributed by atoms with Crippen LogP contribution in [0.15, 0.2) is 0 Å². The highest BCUT2D eigenvalue weighted by atomic mass is 16.6. The minimum Gasteiger partial charge on any atom is -0.464 e. The van der Waals surface area contributed by atoms with Gasteiger partial charge in [0.2, 0.25) is 5.91 Å². The molecule has 0 radical (unpaired) electrons. The van der Waals surface area contributed by atoms with Crippen molar-refractivity contribution < 1.29 is 29.0 Å². The van der Waals surface area contributed by atoms with E-state index in [1.807, 2.05) is 0 Å². The number of hydrogen-bond donors (Lipinski definition) is 2. The van der Waals surface area contributed by atoms with E-state index in [2.05, 4.69) is 19.2 Å². The van der Waals surface area contributed by atoms with Gasteiger partial charge in [-0.25, -0.2) is 0 Å². The molecule has 29 heavy (non-hydrogen) atoms. The van der Waals surface area contributed by atoms with Crippen molar-refractivity contribution in [3.05, 3.63) is 0 Å². The Morgan fingerprint density at radius 3 is 1.79 bits per heavy atom. The lowest BCUT2D eigenvalue weighted by molar-refractivity contribution is -0.157. The van der Waals surface area contributed by atoms with Crippen molar-refractivity contribution in [3.63, 3.8) is 0 Å². The smallest absolute Gasteiger partial charge is 0.302 e. The van der Waals surface area contributed by atoms with Gasteiger partial charge in [0, 0.05) is 20.8 Å². The molecule has 0 aliphatic heterocycles. The fraction of sp³-hybridized carbons (Fsp3) is 0.864. The highest BCUT2D eigenvalue weighted by Gasteiger charge is 2.31. The molecule has 3 atom stereocenters. The van der Waals surface area contributed by atoms with Crippen LogP contribution in [-0.4, -0.2) is 47.8 Å². The van der Waals surface area contributed by atoms with E-state index < -0.39 is 30.2 Å². The van der Waals surface area contributed by atoms with Crippen LogP contribution < -0.4 is 5.32 Å². The highest BCUT2D eigenvalue weighted by Crippen LogP contribution is 2.17. The molecule has 0 fully saturated rings. The van der Waals surface area contributed by atoms with E-state index in [0.717, 1.165) is 25.2 Å². The van der Waals surface area contributed by atoms with Gasteiger partial charge in [-0.1, -0.05) is 58.8 Å².